The minimum Gasteiger partial charge on any atom is -0.465 e. The van der Waals surface area contributed by atoms with Crippen LogP contribution in [0.5, 0.6) is 0 Å². The van der Waals surface area contributed by atoms with Gasteiger partial charge in [-0.15, -0.1) is 0 Å². The molecule has 0 aromatic heterocycles. The van der Waals surface area contributed by atoms with Gasteiger partial charge in [-0.05, 0) is 130 Å². The maximum absolute atomic E-state index is 12.5. The predicted molar refractivity (Wildman–Crippen MR) is 193 cm³/mol. The van der Waals surface area contributed by atoms with Crippen LogP contribution in [0.4, 0.5) is 0 Å². The summed E-state index contributed by atoms with van der Waals surface area (Å²) in [6.45, 7) is 1.66. The summed E-state index contributed by atoms with van der Waals surface area (Å²) in [6, 6.07) is 0. The number of esters is 3. The van der Waals surface area contributed by atoms with Crippen molar-refractivity contribution >= 4 is 17.9 Å². The fourth-order valence-corrected chi connectivity index (χ4v) is 5.87. The molecule has 0 aliphatic carbocycles. The Morgan fingerprint density at radius 1 is 0.617 bits per heavy atom. The smallest absolute Gasteiger partial charge is 0.317 e. The highest BCUT2D eigenvalue weighted by molar-refractivity contribution is 5.91. The van der Waals surface area contributed by atoms with E-state index in [1.165, 1.54) is 64.2 Å². The van der Waals surface area contributed by atoms with E-state index in [1.807, 2.05) is 14.1 Å². The first-order valence-electron chi connectivity index (χ1n) is 19.4. The first kappa shape index (κ1) is 42.9. The Morgan fingerprint density at radius 3 is 1.43 bits per heavy atom. The Bertz CT molecular complexity index is 772. The van der Waals surface area contributed by atoms with Gasteiger partial charge in [0.2, 0.25) is 0 Å². The Hall–Kier alpha value is -2.15. The number of carbonyl (C=O) groups excluding carboxylic acids is 3. The Kier molecular flexibility index (Phi) is 29.6. The van der Waals surface area contributed by atoms with Crippen molar-refractivity contribution in [2.24, 2.45) is 0 Å². The molecule has 0 bridgehead atoms. The molecule has 0 atom stereocenters. The molecule has 272 valence electrons. The van der Waals surface area contributed by atoms with E-state index in [0.29, 0.717) is 19.6 Å². The van der Waals surface area contributed by atoms with Crippen LogP contribution in [0.1, 0.15) is 173 Å². The van der Waals surface area contributed by atoms with Gasteiger partial charge in [0, 0.05) is 6.42 Å². The van der Waals surface area contributed by atoms with E-state index in [1.54, 1.807) is 0 Å². The van der Waals surface area contributed by atoms with E-state index in [9.17, 15) is 14.4 Å². The minimum atomic E-state index is -0.486. The Morgan fingerprint density at radius 2 is 1.00 bits per heavy atom. The van der Waals surface area contributed by atoms with Gasteiger partial charge in [-0.25, -0.2) is 0 Å². The lowest BCUT2D eigenvalue weighted by molar-refractivity contribution is -0.155. The van der Waals surface area contributed by atoms with Crippen molar-refractivity contribution in [1.29, 1.82) is 0 Å². The normalized spacial score (nSPS) is 22.0. The monoisotopic (exact) mass is 662 g/mol. The van der Waals surface area contributed by atoms with Gasteiger partial charge < -0.3 is 19.1 Å². The average molecular weight is 662 g/mol. The molecule has 7 heteroatoms. The predicted octanol–water partition coefficient (Wildman–Crippen LogP) is 10.2. The zero-order valence-electron chi connectivity index (χ0n) is 30.5. The number of nitrogens with zero attached hydrogens (tertiary/aromatic N) is 1. The van der Waals surface area contributed by atoms with Crippen molar-refractivity contribution < 1.29 is 28.6 Å². The highest BCUT2D eigenvalue weighted by Crippen LogP contribution is 2.18. The molecule has 1 heterocycles. The Labute approximate surface area is 288 Å². The van der Waals surface area contributed by atoms with E-state index < -0.39 is 11.9 Å². The van der Waals surface area contributed by atoms with Crippen molar-refractivity contribution in [2.75, 3.05) is 33.9 Å². The van der Waals surface area contributed by atoms with Crippen molar-refractivity contribution in [1.82, 2.24) is 4.90 Å². The fraction of sp³-hybridized carbons (Fsp3) is 0.825. The first-order chi connectivity index (χ1) is 23.0. The topological polar surface area (TPSA) is 82.1 Å². The average Bonchev–Trinajstić information content (AvgIpc) is 3.03. The number of ether oxygens (including phenoxy) is 3. The summed E-state index contributed by atoms with van der Waals surface area (Å²) in [4.78, 5) is 38.4. The van der Waals surface area contributed by atoms with E-state index in [0.717, 1.165) is 103 Å². The van der Waals surface area contributed by atoms with Crippen LogP contribution in [0.15, 0.2) is 24.3 Å². The van der Waals surface area contributed by atoms with Crippen molar-refractivity contribution in [2.45, 2.75) is 179 Å². The summed E-state index contributed by atoms with van der Waals surface area (Å²) in [5.41, 5.74) is 0. The number of carbonyl (C=O) groups is 3. The molecule has 0 amide bonds. The van der Waals surface area contributed by atoms with Gasteiger partial charge >= 0.3 is 17.9 Å². The molecule has 0 saturated carbocycles. The maximum atomic E-state index is 12.5. The molecular weight excluding hydrogens is 590 g/mol. The van der Waals surface area contributed by atoms with Crippen LogP contribution in [-0.4, -0.2) is 62.8 Å². The SMILES string of the molecule is CN(C)CCCC(=O)OC1CCCCCCCC/C=C\CCCCCOC(=O)CC(=O)OCCCCC/C=C\CCCCCCCC1. The zero-order chi connectivity index (χ0) is 34.0. The Balaban J connectivity index is 2.41. The second-order valence-electron chi connectivity index (χ2n) is 13.7. The minimum absolute atomic E-state index is 0.0194. The molecule has 0 saturated heterocycles. The molecule has 0 aromatic carbocycles. The second kappa shape index (κ2) is 32.4. The maximum Gasteiger partial charge on any atom is 0.317 e. The van der Waals surface area contributed by atoms with Crippen LogP contribution in [0.25, 0.3) is 0 Å². The summed E-state index contributed by atoms with van der Waals surface area (Å²) < 4.78 is 16.4. The number of cyclic esters (lactones) is 2. The lowest BCUT2D eigenvalue weighted by Crippen LogP contribution is -2.20. The van der Waals surface area contributed by atoms with Gasteiger partial charge in [-0.1, -0.05) is 75.7 Å². The fourth-order valence-electron chi connectivity index (χ4n) is 5.87. The van der Waals surface area contributed by atoms with E-state index in [2.05, 4.69) is 29.2 Å². The van der Waals surface area contributed by atoms with Crippen LogP contribution >= 0.6 is 0 Å². The molecule has 0 radical (unpaired) electrons. The third kappa shape index (κ3) is 30.9. The van der Waals surface area contributed by atoms with E-state index in [4.69, 9.17) is 14.2 Å². The molecule has 0 N–H and O–H groups in total. The van der Waals surface area contributed by atoms with Crippen LogP contribution in [0.2, 0.25) is 0 Å². The number of hydrogen-bond acceptors (Lipinski definition) is 7. The molecule has 0 fully saturated rings. The van der Waals surface area contributed by atoms with Gasteiger partial charge in [-0.2, -0.15) is 0 Å². The van der Waals surface area contributed by atoms with Crippen LogP contribution in [0.3, 0.4) is 0 Å². The standard InChI is InChI=1S/C40H71NO6/c1-41(2)33-29-32-38(42)47-37-30-25-21-17-13-9-5-3-7-11-15-19-23-27-34-45-39(43)36-40(44)46-35-28-24-20-16-12-8-4-6-10-14-18-22-26-31-37/h7-8,11-12,37H,3-6,9-10,13-36H2,1-2H3/b11-7-,12-8-. The molecule has 1 aliphatic heterocycles. The van der Waals surface area contributed by atoms with E-state index in [-0.39, 0.29) is 18.5 Å². The number of rotatable bonds is 5. The van der Waals surface area contributed by atoms with Crippen LogP contribution < -0.4 is 0 Å². The molecule has 0 unspecified atom stereocenters. The van der Waals surface area contributed by atoms with Crippen molar-refractivity contribution in [3.8, 4) is 0 Å². The lowest BCUT2D eigenvalue weighted by Gasteiger charge is -2.18. The quantitative estimate of drug-likeness (QED) is 0.125. The molecule has 7 nitrogen and oxygen atoms in total. The van der Waals surface area contributed by atoms with Gasteiger partial charge in [0.1, 0.15) is 12.5 Å². The van der Waals surface area contributed by atoms with Crippen molar-refractivity contribution in [3.05, 3.63) is 24.3 Å². The zero-order valence-corrected chi connectivity index (χ0v) is 30.5. The van der Waals surface area contributed by atoms with Gasteiger partial charge in [0.25, 0.3) is 0 Å². The highest BCUT2D eigenvalue weighted by Gasteiger charge is 2.15. The molecule has 0 aromatic rings. The summed E-state index contributed by atoms with van der Waals surface area (Å²) >= 11 is 0. The lowest BCUT2D eigenvalue weighted by atomic mass is 10.0. The number of hydrogen-bond donors (Lipinski definition) is 0. The van der Waals surface area contributed by atoms with Crippen molar-refractivity contribution in [3.63, 3.8) is 0 Å². The summed E-state index contributed by atoms with van der Waals surface area (Å²) in [5, 5.41) is 0. The third-order valence-corrected chi connectivity index (χ3v) is 8.76. The van der Waals surface area contributed by atoms with Gasteiger partial charge in [0.05, 0.1) is 13.2 Å². The molecule has 1 rings (SSSR count). The third-order valence-electron chi connectivity index (χ3n) is 8.76. The molecule has 0 spiro atoms. The first-order valence-corrected chi connectivity index (χ1v) is 19.4. The summed E-state index contributed by atoms with van der Waals surface area (Å²) in [6.07, 6.45) is 37.3. The van der Waals surface area contributed by atoms with Gasteiger partial charge in [0.15, 0.2) is 0 Å². The molecule has 47 heavy (non-hydrogen) atoms. The molecule has 1 aliphatic rings. The van der Waals surface area contributed by atoms with E-state index >= 15 is 0 Å². The van der Waals surface area contributed by atoms with Crippen LogP contribution in [-0.2, 0) is 28.6 Å². The van der Waals surface area contributed by atoms with Crippen LogP contribution in [0, 0.1) is 0 Å². The number of allylic oxidation sites excluding steroid dienone is 4. The molecular formula is C40H71NO6. The summed E-state index contributed by atoms with van der Waals surface area (Å²) in [7, 11) is 4.09. The van der Waals surface area contributed by atoms with Gasteiger partial charge in [-0.3, -0.25) is 14.4 Å². The second-order valence-corrected chi connectivity index (χ2v) is 13.7. The largest absolute Gasteiger partial charge is 0.465 e. The highest BCUT2D eigenvalue weighted by atomic mass is 16.6. The summed E-state index contributed by atoms with van der Waals surface area (Å²) in [5.74, 6) is -0.992.